The maximum atomic E-state index is 15.5. The Balaban J connectivity index is 1.34. The zero-order valence-corrected chi connectivity index (χ0v) is 23.4. The van der Waals surface area contributed by atoms with E-state index in [1.165, 1.54) is 23.1 Å². The van der Waals surface area contributed by atoms with Gasteiger partial charge in [-0.05, 0) is 0 Å². The molecule has 1 amide bonds. The predicted octanol–water partition coefficient (Wildman–Crippen LogP) is 4.31. The van der Waals surface area contributed by atoms with Gasteiger partial charge in [0, 0.05) is 0 Å². The van der Waals surface area contributed by atoms with Gasteiger partial charge in [0.15, 0.2) is 0 Å². The second-order valence-corrected chi connectivity index (χ2v) is 11.0. The van der Waals surface area contributed by atoms with Gasteiger partial charge in [-0.15, -0.1) is 0 Å². The van der Waals surface area contributed by atoms with E-state index in [1.54, 1.807) is 36.4 Å². The van der Waals surface area contributed by atoms with Crippen molar-refractivity contribution in [2.75, 3.05) is 6.54 Å². The minimum absolute atomic E-state index is 0.125. The number of alkyl halides is 2. The Labute approximate surface area is 241 Å². The van der Waals surface area contributed by atoms with E-state index in [0.29, 0.717) is 27.0 Å². The molecule has 1 atom stereocenters. The Morgan fingerprint density at radius 2 is 1.95 bits per heavy atom. The van der Waals surface area contributed by atoms with Crippen LogP contribution in [0.5, 0.6) is 11.5 Å². The second-order valence-electron chi connectivity index (χ2n) is 10.2. The molecule has 41 heavy (non-hydrogen) atoms. The normalized spacial score (nSPS) is 18.5. The van der Waals surface area contributed by atoms with E-state index in [-0.39, 0.29) is 29.3 Å². The molecular weight excluding hydrogens is 596 g/mol. The van der Waals surface area contributed by atoms with Gasteiger partial charge >= 0.3 is 242 Å². The number of fused-ring (bicyclic) bond motifs is 1. The van der Waals surface area contributed by atoms with Gasteiger partial charge in [-0.3, -0.25) is 0 Å². The molecule has 0 N–H and O–H groups in total. The number of rotatable bonds is 7. The van der Waals surface area contributed by atoms with Crippen LogP contribution in [0.25, 0.3) is 22.3 Å². The molecule has 0 spiro atoms. The van der Waals surface area contributed by atoms with Gasteiger partial charge in [-0.25, -0.2) is 0 Å². The molecule has 1 saturated heterocycles. The standard InChI is InChI=1S/C29H22AsF3N6O2/c30-26-24-25(22-9-8-21(11-23(22)31)41-20-4-2-1-3-5-20)37-39(27(24)36-16-35-26)14-19-12-29(32,33)15-38(19)28(40)18(13-34)10-17-6-7-17/h1-5,8-11,16-17,19H,6-7,12,14-15H2/t19-/m0/s1. The molecule has 12 heteroatoms. The first-order valence-corrected chi connectivity index (χ1v) is 13.9. The molecule has 2 aromatic carbocycles. The molecule has 4 aromatic rings. The quantitative estimate of drug-likeness (QED) is 0.174. The Morgan fingerprint density at radius 1 is 1.17 bits per heavy atom. The first kappa shape index (κ1) is 27.0. The van der Waals surface area contributed by atoms with Gasteiger partial charge in [0.1, 0.15) is 0 Å². The molecule has 2 fully saturated rings. The zero-order valence-electron chi connectivity index (χ0n) is 21.5. The molecule has 8 nitrogen and oxygen atoms in total. The summed E-state index contributed by atoms with van der Waals surface area (Å²) in [6.07, 6.45) is 4.02. The Hall–Kier alpha value is -4.16. The number of para-hydroxylation sites is 1. The van der Waals surface area contributed by atoms with Crippen LogP contribution in [0.1, 0.15) is 19.3 Å². The molecule has 1 saturated carbocycles. The summed E-state index contributed by atoms with van der Waals surface area (Å²) >= 11 is 2.28. The fourth-order valence-electron chi connectivity index (χ4n) is 4.99. The SMILES string of the molecule is N#CC(=CC1CC1)C(=O)N1CC(F)(F)C[C@H]1Cn1nc(-c2ccc(Oc3ccccc3)cc2F)c2c([As])ncnc21. The van der Waals surface area contributed by atoms with Crippen LogP contribution in [-0.4, -0.2) is 65.9 Å². The van der Waals surface area contributed by atoms with E-state index < -0.39 is 36.7 Å². The van der Waals surface area contributed by atoms with Crippen LogP contribution in [-0.2, 0) is 11.3 Å². The zero-order chi connectivity index (χ0) is 28.7. The molecule has 2 aliphatic rings. The van der Waals surface area contributed by atoms with Crippen LogP contribution in [0.4, 0.5) is 13.2 Å². The summed E-state index contributed by atoms with van der Waals surface area (Å²) in [7, 11) is 0. The van der Waals surface area contributed by atoms with Crippen molar-refractivity contribution in [1.29, 1.82) is 5.26 Å². The van der Waals surface area contributed by atoms with Crippen molar-refractivity contribution in [2.24, 2.45) is 5.92 Å². The Bertz CT molecular complexity index is 1720. The summed E-state index contributed by atoms with van der Waals surface area (Å²) in [5.41, 5.74) is 0.567. The maximum absolute atomic E-state index is 15.5. The summed E-state index contributed by atoms with van der Waals surface area (Å²) < 4.78 is 52.3. The molecule has 206 valence electrons. The van der Waals surface area contributed by atoms with E-state index in [4.69, 9.17) is 4.74 Å². The van der Waals surface area contributed by atoms with Crippen LogP contribution in [0.3, 0.4) is 0 Å². The van der Waals surface area contributed by atoms with Gasteiger partial charge < -0.3 is 0 Å². The number of hydrogen-bond acceptors (Lipinski definition) is 6. The van der Waals surface area contributed by atoms with Gasteiger partial charge in [0.25, 0.3) is 0 Å². The van der Waals surface area contributed by atoms with Crippen LogP contribution >= 0.6 is 0 Å². The summed E-state index contributed by atoms with van der Waals surface area (Å²) in [6, 6.07) is 14.3. The Kier molecular flexibility index (Phi) is 7.04. The molecule has 3 heterocycles. The van der Waals surface area contributed by atoms with Crippen molar-refractivity contribution in [1.82, 2.24) is 24.6 Å². The average molecular weight is 618 g/mol. The molecule has 2 radical (unpaired) electrons. The first-order chi connectivity index (χ1) is 19.7. The molecule has 2 aromatic heterocycles. The summed E-state index contributed by atoms with van der Waals surface area (Å²) in [6.45, 7) is -0.922. The number of ether oxygens (including phenoxy) is 1. The molecule has 1 aliphatic heterocycles. The van der Waals surface area contributed by atoms with Gasteiger partial charge in [-0.2, -0.15) is 0 Å². The molecule has 0 bridgehead atoms. The predicted molar refractivity (Wildman–Crippen MR) is 144 cm³/mol. The van der Waals surface area contributed by atoms with Crippen molar-refractivity contribution in [3.05, 3.63) is 72.3 Å². The monoisotopic (exact) mass is 618 g/mol. The van der Waals surface area contributed by atoms with Crippen molar-refractivity contribution < 1.29 is 22.7 Å². The number of carbonyl (C=O) groups excluding carboxylic acids is 1. The third-order valence-electron chi connectivity index (χ3n) is 7.08. The topological polar surface area (TPSA) is 96.9 Å². The number of carbonyl (C=O) groups is 1. The van der Waals surface area contributed by atoms with Crippen LogP contribution < -0.4 is 9.22 Å². The van der Waals surface area contributed by atoms with E-state index in [2.05, 4.69) is 31.9 Å². The first-order valence-electron chi connectivity index (χ1n) is 13.0. The second kappa shape index (κ2) is 10.7. The van der Waals surface area contributed by atoms with Crippen molar-refractivity contribution >= 4 is 38.3 Å². The van der Waals surface area contributed by atoms with Crippen molar-refractivity contribution in [3.8, 4) is 28.8 Å². The molecular formula is C29H22AsF3N6O2. The average Bonchev–Trinajstić information content (AvgIpc) is 3.62. The van der Waals surface area contributed by atoms with Crippen LogP contribution in [0.15, 0.2) is 66.5 Å². The number of benzene rings is 2. The van der Waals surface area contributed by atoms with Crippen LogP contribution in [0.2, 0.25) is 0 Å². The number of halogens is 3. The Morgan fingerprint density at radius 3 is 2.66 bits per heavy atom. The third kappa shape index (κ3) is 5.57. The van der Waals surface area contributed by atoms with E-state index in [1.807, 2.05) is 12.1 Å². The summed E-state index contributed by atoms with van der Waals surface area (Å²) in [5, 5.41) is 14.6. The van der Waals surface area contributed by atoms with E-state index >= 15 is 4.39 Å². The summed E-state index contributed by atoms with van der Waals surface area (Å²) in [4.78, 5) is 22.7. The number of hydrogen-bond donors (Lipinski definition) is 0. The number of likely N-dealkylation sites (tertiary alicyclic amines) is 1. The van der Waals surface area contributed by atoms with Gasteiger partial charge in [0.2, 0.25) is 0 Å². The molecule has 0 unspecified atom stereocenters. The van der Waals surface area contributed by atoms with E-state index in [0.717, 1.165) is 17.7 Å². The van der Waals surface area contributed by atoms with Crippen molar-refractivity contribution in [3.63, 3.8) is 0 Å². The van der Waals surface area contributed by atoms with Gasteiger partial charge in [0.05, 0.1) is 0 Å². The molecule has 1 aliphatic carbocycles. The van der Waals surface area contributed by atoms with Crippen LogP contribution in [0, 0.1) is 23.1 Å². The number of amides is 1. The number of nitriles is 1. The fourth-order valence-corrected chi connectivity index (χ4v) is 5.53. The van der Waals surface area contributed by atoms with E-state index in [9.17, 15) is 18.8 Å². The summed E-state index contributed by atoms with van der Waals surface area (Å²) in [5.74, 6) is -3.48. The number of allylic oxidation sites excluding steroid dienone is 1. The minimum atomic E-state index is -3.13. The molecule has 6 rings (SSSR count). The number of nitrogens with zero attached hydrogens (tertiary/aromatic N) is 6. The number of aromatic nitrogens is 4. The van der Waals surface area contributed by atoms with Gasteiger partial charge in [-0.1, -0.05) is 0 Å². The fraction of sp³-hybridized carbons (Fsp3) is 0.276. The van der Waals surface area contributed by atoms with Crippen molar-refractivity contribution in [2.45, 2.75) is 37.8 Å². The third-order valence-corrected chi connectivity index (χ3v) is 7.79.